The summed E-state index contributed by atoms with van der Waals surface area (Å²) in [6, 6.07) is 7.51. The summed E-state index contributed by atoms with van der Waals surface area (Å²) in [6.07, 6.45) is -3.21. The first-order chi connectivity index (χ1) is 13.2. The number of alkyl halides is 3. The van der Waals surface area contributed by atoms with Crippen molar-refractivity contribution in [3.8, 4) is 5.69 Å². The summed E-state index contributed by atoms with van der Waals surface area (Å²) < 4.78 is 40.8. The van der Waals surface area contributed by atoms with Crippen LogP contribution in [0.5, 0.6) is 0 Å². The number of aromatic carboxylic acids is 1. The second kappa shape index (κ2) is 5.95. The Morgan fingerprint density at radius 1 is 1.14 bits per heavy atom. The average Bonchev–Trinajstić information content (AvgIpc) is 2.98. The van der Waals surface area contributed by atoms with Gasteiger partial charge in [0, 0.05) is 11.6 Å². The van der Waals surface area contributed by atoms with Crippen LogP contribution in [0.4, 0.5) is 13.2 Å². The highest BCUT2D eigenvalue weighted by Crippen LogP contribution is 2.34. The third kappa shape index (κ3) is 2.72. The highest BCUT2D eigenvalue weighted by Gasteiger charge is 2.31. The zero-order valence-corrected chi connectivity index (χ0v) is 14.3. The number of halogens is 3. The van der Waals surface area contributed by atoms with E-state index in [-0.39, 0.29) is 21.9 Å². The van der Waals surface area contributed by atoms with E-state index in [0.29, 0.717) is 16.8 Å². The Hall–Kier alpha value is -3.62. The molecule has 0 amide bonds. The normalized spacial score (nSPS) is 12.0. The summed E-state index contributed by atoms with van der Waals surface area (Å²) in [5.74, 6) is -1.11. The third-order valence-corrected chi connectivity index (χ3v) is 4.52. The van der Waals surface area contributed by atoms with E-state index in [1.165, 1.54) is 37.4 Å². The number of carboxylic acid groups (broad SMARTS) is 1. The molecule has 6 nitrogen and oxygen atoms in total. The molecule has 0 aliphatic heterocycles. The van der Waals surface area contributed by atoms with Gasteiger partial charge in [-0.05, 0) is 48.9 Å². The van der Waals surface area contributed by atoms with Crippen LogP contribution in [0.15, 0.2) is 47.4 Å². The second-order valence-electron chi connectivity index (χ2n) is 6.34. The van der Waals surface area contributed by atoms with E-state index in [9.17, 15) is 22.8 Å². The molecule has 142 valence electrons. The van der Waals surface area contributed by atoms with Gasteiger partial charge < -0.3 is 5.11 Å². The van der Waals surface area contributed by atoms with Crippen molar-refractivity contribution in [3.05, 3.63) is 69.6 Å². The first kappa shape index (κ1) is 17.8. The first-order valence-corrected chi connectivity index (χ1v) is 8.12. The number of nitrogens with zero attached hydrogens (tertiary/aromatic N) is 2. The van der Waals surface area contributed by atoms with E-state index < -0.39 is 23.3 Å². The molecule has 0 bridgehead atoms. The van der Waals surface area contributed by atoms with Crippen LogP contribution >= 0.6 is 0 Å². The number of fused-ring (bicyclic) bond motifs is 3. The number of aryl methyl sites for hydroxylation is 1. The predicted molar refractivity (Wildman–Crippen MR) is 95.9 cm³/mol. The molecule has 2 aromatic carbocycles. The molecule has 0 saturated carbocycles. The number of carbonyl (C=O) groups is 1. The van der Waals surface area contributed by atoms with Crippen LogP contribution in [0, 0.1) is 6.92 Å². The Kier molecular flexibility index (Phi) is 3.77. The van der Waals surface area contributed by atoms with E-state index in [2.05, 4.69) is 10.1 Å². The number of pyridine rings is 1. The molecule has 2 N–H and O–H groups in total. The Labute approximate surface area is 154 Å². The van der Waals surface area contributed by atoms with Crippen molar-refractivity contribution in [2.45, 2.75) is 13.1 Å². The molecule has 0 saturated heterocycles. The molecule has 4 aromatic rings. The molecule has 0 spiro atoms. The van der Waals surface area contributed by atoms with Crippen LogP contribution in [0.3, 0.4) is 0 Å². The second-order valence-corrected chi connectivity index (χ2v) is 6.34. The lowest BCUT2D eigenvalue weighted by molar-refractivity contribution is -0.137. The summed E-state index contributed by atoms with van der Waals surface area (Å²) in [5.41, 5.74) is -0.00459. The molecule has 0 radical (unpaired) electrons. The van der Waals surface area contributed by atoms with Crippen LogP contribution < -0.4 is 5.56 Å². The topological polar surface area (TPSA) is 88.0 Å². The number of nitrogens with one attached hydrogen (secondary N) is 1. The third-order valence-electron chi connectivity index (χ3n) is 4.52. The van der Waals surface area contributed by atoms with Crippen molar-refractivity contribution in [1.29, 1.82) is 0 Å². The molecule has 2 heterocycles. The maximum absolute atomic E-state index is 13.2. The maximum atomic E-state index is 13.2. The number of H-pyrrole nitrogens is 1. The molecule has 2 aromatic heterocycles. The molecular formula is C19H12F3N3O3. The summed E-state index contributed by atoms with van der Waals surface area (Å²) in [7, 11) is 0. The zero-order chi connectivity index (χ0) is 20.2. The predicted octanol–water partition coefficient (Wildman–Crippen LogP) is 3.89. The number of hydrogen-bond donors (Lipinski definition) is 2. The Bertz CT molecular complexity index is 1300. The Morgan fingerprint density at radius 3 is 2.43 bits per heavy atom. The quantitative estimate of drug-likeness (QED) is 0.546. The van der Waals surface area contributed by atoms with Crippen molar-refractivity contribution >= 4 is 27.8 Å². The standard InChI is InChI=1S/C19H12F3N3O3/c1-9-6-11(19(20,21)22)7-13-15(9)23-8-14-16(13)24-25(17(14)26)12-4-2-10(3-5-12)18(27)28/h2-8,24H,1H3,(H,27,28). The van der Waals surface area contributed by atoms with Gasteiger partial charge >= 0.3 is 12.1 Å². The van der Waals surface area contributed by atoms with Crippen molar-refractivity contribution in [2.24, 2.45) is 0 Å². The zero-order valence-electron chi connectivity index (χ0n) is 14.3. The number of benzene rings is 2. The van der Waals surface area contributed by atoms with Gasteiger partial charge in [0.25, 0.3) is 5.56 Å². The fraction of sp³-hybridized carbons (Fsp3) is 0.105. The van der Waals surface area contributed by atoms with E-state index in [1.807, 2.05) is 0 Å². The summed E-state index contributed by atoms with van der Waals surface area (Å²) in [5, 5.41) is 12.1. The molecule has 0 aliphatic carbocycles. The van der Waals surface area contributed by atoms with Crippen molar-refractivity contribution < 1.29 is 23.1 Å². The van der Waals surface area contributed by atoms with E-state index in [4.69, 9.17) is 5.11 Å². The van der Waals surface area contributed by atoms with Crippen LogP contribution in [0.2, 0.25) is 0 Å². The Morgan fingerprint density at radius 2 is 1.82 bits per heavy atom. The molecule has 0 fully saturated rings. The molecule has 0 atom stereocenters. The number of hydrogen-bond acceptors (Lipinski definition) is 3. The molecule has 9 heteroatoms. The maximum Gasteiger partial charge on any atom is 0.416 e. The number of carboxylic acids is 1. The van der Waals surface area contributed by atoms with Crippen LogP contribution in [-0.2, 0) is 6.18 Å². The number of aromatic nitrogens is 3. The van der Waals surface area contributed by atoms with Crippen molar-refractivity contribution in [1.82, 2.24) is 14.8 Å². The summed E-state index contributed by atoms with van der Waals surface area (Å²) in [4.78, 5) is 27.8. The number of aromatic amines is 1. The van der Waals surface area contributed by atoms with Gasteiger partial charge in [0.2, 0.25) is 0 Å². The van der Waals surface area contributed by atoms with Crippen LogP contribution in [0.1, 0.15) is 21.5 Å². The average molecular weight is 387 g/mol. The van der Waals surface area contributed by atoms with Crippen LogP contribution in [-0.4, -0.2) is 25.8 Å². The largest absolute Gasteiger partial charge is 0.478 e. The lowest BCUT2D eigenvalue weighted by Crippen LogP contribution is -2.14. The highest BCUT2D eigenvalue weighted by atomic mass is 19.4. The molecular weight excluding hydrogens is 375 g/mol. The molecule has 4 rings (SSSR count). The fourth-order valence-electron chi connectivity index (χ4n) is 3.14. The molecule has 0 aliphatic rings. The van der Waals surface area contributed by atoms with Gasteiger partial charge in [0.1, 0.15) is 0 Å². The molecule has 0 unspecified atom stereocenters. The minimum atomic E-state index is -4.53. The van der Waals surface area contributed by atoms with Gasteiger partial charge in [0.15, 0.2) is 0 Å². The van der Waals surface area contributed by atoms with Gasteiger partial charge in [-0.25, -0.2) is 9.48 Å². The lowest BCUT2D eigenvalue weighted by Gasteiger charge is -2.10. The highest BCUT2D eigenvalue weighted by molar-refractivity contribution is 6.04. The number of rotatable bonds is 2. The van der Waals surface area contributed by atoms with E-state index >= 15 is 0 Å². The summed E-state index contributed by atoms with van der Waals surface area (Å²) >= 11 is 0. The van der Waals surface area contributed by atoms with Gasteiger partial charge in [-0.3, -0.25) is 14.9 Å². The Balaban J connectivity index is 1.99. The minimum Gasteiger partial charge on any atom is -0.478 e. The van der Waals surface area contributed by atoms with Gasteiger partial charge in [-0.2, -0.15) is 13.2 Å². The van der Waals surface area contributed by atoms with Gasteiger partial charge in [-0.15, -0.1) is 0 Å². The lowest BCUT2D eigenvalue weighted by atomic mass is 10.0. The van der Waals surface area contributed by atoms with E-state index in [0.717, 1.165) is 16.8 Å². The van der Waals surface area contributed by atoms with Gasteiger partial charge in [-0.1, -0.05) is 0 Å². The van der Waals surface area contributed by atoms with Gasteiger partial charge in [0.05, 0.1) is 33.2 Å². The molecule has 28 heavy (non-hydrogen) atoms. The first-order valence-electron chi connectivity index (χ1n) is 8.12. The summed E-state index contributed by atoms with van der Waals surface area (Å²) in [6.45, 7) is 1.52. The van der Waals surface area contributed by atoms with Crippen molar-refractivity contribution in [2.75, 3.05) is 0 Å². The fourth-order valence-corrected chi connectivity index (χ4v) is 3.14. The monoisotopic (exact) mass is 387 g/mol. The van der Waals surface area contributed by atoms with E-state index in [1.54, 1.807) is 0 Å². The van der Waals surface area contributed by atoms with Crippen LogP contribution in [0.25, 0.3) is 27.5 Å². The smallest absolute Gasteiger partial charge is 0.416 e. The van der Waals surface area contributed by atoms with Crippen molar-refractivity contribution in [3.63, 3.8) is 0 Å². The SMILES string of the molecule is Cc1cc(C(F)(F)F)cc2c1ncc1c(=O)n(-c3ccc(C(=O)O)cc3)[nH]c12. The minimum absolute atomic E-state index is 0.0467.